The summed E-state index contributed by atoms with van der Waals surface area (Å²) in [6.45, 7) is 5.05. The SMILES string of the molecule is CNCCC1CCCCN1CC(=O)NC1CCC(C)CC1. The topological polar surface area (TPSA) is 44.4 Å². The fourth-order valence-electron chi connectivity index (χ4n) is 3.77. The number of hydrogen-bond donors (Lipinski definition) is 2. The molecular formula is C17H33N3O. The third kappa shape index (κ3) is 5.59. The molecule has 21 heavy (non-hydrogen) atoms. The van der Waals surface area contributed by atoms with Crippen LogP contribution in [0.4, 0.5) is 0 Å². The Morgan fingerprint density at radius 3 is 2.62 bits per heavy atom. The third-order valence-corrected chi connectivity index (χ3v) is 5.20. The molecule has 1 unspecified atom stereocenters. The lowest BCUT2D eigenvalue weighted by Crippen LogP contribution is -2.48. The molecule has 1 heterocycles. The van der Waals surface area contributed by atoms with Crippen LogP contribution in [0.5, 0.6) is 0 Å². The molecule has 4 heteroatoms. The molecule has 0 aromatic heterocycles. The number of likely N-dealkylation sites (tertiary alicyclic amines) is 1. The van der Waals surface area contributed by atoms with Crippen molar-refractivity contribution in [3.05, 3.63) is 0 Å². The van der Waals surface area contributed by atoms with E-state index in [4.69, 9.17) is 0 Å². The Balaban J connectivity index is 1.74. The molecule has 2 aliphatic rings. The first kappa shape index (κ1) is 16.8. The number of nitrogens with one attached hydrogen (secondary N) is 2. The summed E-state index contributed by atoms with van der Waals surface area (Å²) in [5.74, 6) is 1.08. The van der Waals surface area contributed by atoms with E-state index in [2.05, 4.69) is 22.5 Å². The summed E-state index contributed by atoms with van der Waals surface area (Å²) in [7, 11) is 2.00. The smallest absolute Gasteiger partial charge is 0.234 e. The third-order valence-electron chi connectivity index (χ3n) is 5.20. The number of carbonyl (C=O) groups is 1. The molecular weight excluding hydrogens is 262 g/mol. The van der Waals surface area contributed by atoms with E-state index in [0.29, 0.717) is 18.6 Å². The molecule has 122 valence electrons. The van der Waals surface area contributed by atoms with Crippen LogP contribution in [-0.2, 0) is 4.79 Å². The van der Waals surface area contributed by atoms with E-state index < -0.39 is 0 Å². The number of piperidine rings is 1. The summed E-state index contributed by atoms with van der Waals surface area (Å²) in [6, 6.07) is 1.01. The molecule has 1 aliphatic heterocycles. The molecule has 1 amide bonds. The predicted octanol–water partition coefficient (Wildman–Crippen LogP) is 2.15. The molecule has 4 nitrogen and oxygen atoms in total. The minimum Gasteiger partial charge on any atom is -0.352 e. The molecule has 0 radical (unpaired) electrons. The number of amides is 1. The van der Waals surface area contributed by atoms with Gasteiger partial charge in [-0.05, 0) is 71.0 Å². The second-order valence-electron chi connectivity index (χ2n) is 7.04. The van der Waals surface area contributed by atoms with Gasteiger partial charge in [-0.3, -0.25) is 9.69 Å². The number of rotatable bonds is 6. The molecule has 0 bridgehead atoms. The van der Waals surface area contributed by atoms with Crippen LogP contribution in [0.25, 0.3) is 0 Å². The van der Waals surface area contributed by atoms with Crippen LogP contribution in [0.1, 0.15) is 58.3 Å². The van der Waals surface area contributed by atoms with Crippen molar-refractivity contribution in [3.63, 3.8) is 0 Å². The van der Waals surface area contributed by atoms with E-state index in [1.807, 2.05) is 7.05 Å². The zero-order valence-corrected chi connectivity index (χ0v) is 13.9. The lowest BCUT2D eigenvalue weighted by molar-refractivity contribution is -0.124. The van der Waals surface area contributed by atoms with E-state index >= 15 is 0 Å². The second-order valence-corrected chi connectivity index (χ2v) is 7.04. The quantitative estimate of drug-likeness (QED) is 0.789. The van der Waals surface area contributed by atoms with Crippen LogP contribution in [0.3, 0.4) is 0 Å². The first-order valence-corrected chi connectivity index (χ1v) is 8.87. The summed E-state index contributed by atoms with van der Waals surface area (Å²) < 4.78 is 0. The highest BCUT2D eigenvalue weighted by Gasteiger charge is 2.25. The highest BCUT2D eigenvalue weighted by atomic mass is 16.2. The van der Waals surface area contributed by atoms with Gasteiger partial charge in [0.25, 0.3) is 0 Å². The van der Waals surface area contributed by atoms with E-state index in [9.17, 15) is 4.79 Å². The Labute approximate surface area is 130 Å². The fourth-order valence-corrected chi connectivity index (χ4v) is 3.77. The van der Waals surface area contributed by atoms with E-state index in [0.717, 1.165) is 38.3 Å². The Hall–Kier alpha value is -0.610. The summed E-state index contributed by atoms with van der Waals surface area (Å²) in [4.78, 5) is 14.7. The zero-order valence-electron chi connectivity index (χ0n) is 13.9. The van der Waals surface area contributed by atoms with Crippen LogP contribution in [0.15, 0.2) is 0 Å². The lowest BCUT2D eigenvalue weighted by atomic mass is 9.87. The number of carbonyl (C=O) groups excluding carboxylic acids is 1. The van der Waals surface area contributed by atoms with Crippen LogP contribution in [-0.4, -0.2) is 49.6 Å². The molecule has 0 aromatic carbocycles. The maximum atomic E-state index is 12.3. The van der Waals surface area contributed by atoms with Gasteiger partial charge in [0.2, 0.25) is 5.91 Å². The van der Waals surface area contributed by atoms with Gasteiger partial charge in [0, 0.05) is 12.1 Å². The molecule has 2 N–H and O–H groups in total. The maximum absolute atomic E-state index is 12.3. The Morgan fingerprint density at radius 2 is 1.90 bits per heavy atom. The summed E-state index contributed by atoms with van der Waals surface area (Å²) in [5.41, 5.74) is 0. The van der Waals surface area contributed by atoms with Gasteiger partial charge in [-0.25, -0.2) is 0 Å². The second kappa shape index (κ2) is 8.74. The van der Waals surface area contributed by atoms with Crippen molar-refractivity contribution in [1.82, 2.24) is 15.5 Å². The first-order chi connectivity index (χ1) is 10.2. The normalized spacial score (nSPS) is 31.0. The van der Waals surface area contributed by atoms with Gasteiger partial charge >= 0.3 is 0 Å². The van der Waals surface area contributed by atoms with Crippen molar-refractivity contribution in [3.8, 4) is 0 Å². The summed E-state index contributed by atoms with van der Waals surface area (Å²) in [5, 5.41) is 6.50. The van der Waals surface area contributed by atoms with Gasteiger partial charge in [0.05, 0.1) is 6.54 Å². The average Bonchev–Trinajstić information content (AvgIpc) is 2.49. The largest absolute Gasteiger partial charge is 0.352 e. The van der Waals surface area contributed by atoms with Gasteiger partial charge in [0.1, 0.15) is 0 Å². The van der Waals surface area contributed by atoms with Crippen LogP contribution >= 0.6 is 0 Å². The lowest BCUT2D eigenvalue weighted by Gasteiger charge is -2.36. The van der Waals surface area contributed by atoms with E-state index in [-0.39, 0.29) is 5.91 Å². The molecule has 0 aromatic rings. The predicted molar refractivity (Wildman–Crippen MR) is 87.3 cm³/mol. The minimum atomic E-state index is 0.242. The Morgan fingerprint density at radius 1 is 1.14 bits per heavy atom. The minimum absolute atomic E-state index is 0.242. The molecule has 0 spiro atoms. The molecule has 2 rings (SSSR count). The average molecular weight is 295 g/mol. The van der Waals surface area contributed by atoms with Crippen molar-refractivity contribution in [2.24, 2.45) is 5.92 Å². The monoisotopic (exact) mass is 295 g/mol. The molecule has 1 saturated carbocycles. The number of hydrogen-bond acceptors (Lipinski definition) is 3. The highest BCUT2D eigenvalue weighted by Crippen LogP contribution is 2.23. The van der Waals surface area contributed by atoms with Crippen molar-refractivity contribution < 1.29 is 4.79 Å². The standard InChI is InChI=1S/C17H33N3O/c1-14-6-8-15(9-7-14)19-17(21)13-20-12-4-3-5-16(20)10-11-18-2/h14-16,18H,3-13H2,1-2H3,(H,19,21). The van der Waals surface area contributed by atoms with Gasteiger partial charge < -0.3 is 10.6 Å². The number of nitrogens with zero attached hydrogens (tertiary/aromatic N) is 1. The molecule has 1 aliphatic carbocycles. The molecule has 1 saturated heterocycles. The Kier molecular flexibility index (Phi) is 6.97. The van der Waals surface area contributed by atoms with Gasteiger partial charge in [-0.15, -0.1) is 0 Å². The van der Waals surface area contributed by atoms with Crippen LogP contribution in [0.2, 0.25) is 0 Å². The van der Waals surface area contributed by atoms with Gasteiger partial charge in [-0.1, -0.05) is 13.3 Å². The van der Waals surface area contributed by atoms with Crippen molar-refractivity contribution in [2.75, 3.05) is 26.7 Å². The van der Waals surface area contributed by atoms with E-state index in [1.165, 1.54) is 32.1 Å². The molecule has 1 atom stereocenters. The summed E-state index contributed by atoms with van der Waals surface area (Å²) >= 11 is 0. The van der Waals surface area contributed by atoms with Crippen molar-refractivity contribution >= 4 is 5.91 Å². The van der Waals surface area contributed by atoms with Crippen LogP contribution in [0, 0.1) is 5.92 Å². The zero-order chi connectivity index (χ0) is 15.1. The highest BCUT2D eigenvalue weighted by molar-refractivity contribution is 5.78. The van der Waals surface area contributed by atoms with Crippen LogP contribution < -0.4 is 10.6 Å². The molecule has 2 fully saturated rings. The Bertz CT molecular complexity index is 313. The van der Waals surface area contributed by atoms with Crippen molar-refractivity contribution in [1.29, 1.82) is 0 Å². The van der Waals surface area contributed by atoms with Gasteiger partial charge in [-0.2, -0.15) is 0 Å². The first-order valence-electron chi connectivity index (χ1n) is 8.87. The maximum Gasteiger partial charge on any atom is 0.234 e. The van der Waals surface area contributed by atoms with E-state index in [1.54, 1.807) is 0 Å². The van der Waals surface area contributed by atoms with Gasteiger partial charge in [0.15, 0.2) is 0 Å². The fraction of sp³-hybridized carbons (Fsp3) is 0.941. The summed E-state index contributed by atoms with van der Waals surface area (Å²) in [6.07, 6.45) is 9.81. The van der Waals surface area contributed by atoms with Crippen molar-refractivity contribution in [2.45, 2.75) is 70.4 Å².